The van der Waals surface area contributed by atoms with Crippen LogP contribution in [0.4, 0.5) is 16.2 Å². The van der Waals surface area contributed by atoms with Crippen LogP contribution in [0.5, 0.6) is 0 Å². The van der Waals surface area contributed by atoms with Gasteiger partial charge in [0.05, 0.1) is 22.5 Å². The number of benzene rings is 1. The van der Waals surface area contributed by atoms with Crippen molar-refractivity contribution in [2.45, 2.75) is 45.6 Å². The summed E-state index contributed by atoms with van der Waals surface area (Å²) >= 11 is 0. The molecule has 1 amide bonds. The minimum Gasteiger partial charge on any atom is -0.444 e. The number of carbonyl (C=O) groups is 1. The predicted molar refractivity (Wildman–Crippen MR) is 96.9 cm³/mol. The van der Waals surface area contributed by atoms with Crippen molar-refractivity contribution in [1.82, 2.24) is 5.32 Å². The van der Waals surface area contributed by atoms with E-state index in [1.807, 2.05) is 32.9 Å². The fourth-order valence-electron chi connectivity index (χ4n) is 2.11. The predicted octanol–water partition coefficient (Wildman–Crippen LogP) is 3.12. The van der Waals surface area contributed by atoms with Gasteiger partial charge in [-0.3, -0.25) is 0 Å². The minimum atomic E-state index is -0.489. The lowest BCUT2D eigenvalue weighted by atomic mass is 10.1. The molecule has 7 heteroatoms. The number of anilines is 2. The zero-order chi connectivity index (χ0) is 18.9. The monoisotopic (exact) mass is 343 g/mol. The average Bonchev–Trinajstić information content (AvgIpc) is 2.53. The summed E-state index contributed by atoms with van der Waals surface area (Å²) in [6.45, 7) is 6.72. The lowest BCUT2D eigenvalue weighted by Crippen LogP contribution is -2.33. The third-order valence-corrected chi connectivity index (χ3v) is 3.27. The summed E-state index contributed by atoms with van der Waals surface area (Å²) in [7, 11) is 0. The van der Waals surface area contributed by atoms with Crippen molar-refractivity contribution < 1.29 is 9.53 Å². The van der Waals surface area contributed by atoms with E-state index in [4.69, 9.17) is 21.0 Å². The molecular formula is C18H25N5O2. The highest BCUT2D eigenvalue weighted by Gasteiger charge is 2.15. The van der Waals surface area contributed by atoms with E-state index in [1.165, 1.54) is 6.07 Å². The number of carbonyl (C=O) groups excluding carboxylic acids is 1. The number of nitrogens with zero attached hydrogens (tertiary/aromatic N) is 2. The van der Waals surface area contributed by atoms with E-state index >= 15 is 0 Å². The molecule has 1 aromatic rings. The summed E-state index contributed by atoms with van der Waals surface area (Å²) in [5, 5.41) is 23.9. The van der Waals surface area contributed by atoms with E-state index in [-0.39, 0.29) is 5.56 Å². The number of unbranched alkanes of at least 4 members (excludes halogenated alkanes) is 2. The Bertz CT molecular complexity index is 680. The number of nitrogens with two attached hydrogens (primary N) is 1. The first-order chi connectivity index (χ1) is 11.8. The van der Waals surface area contributed by atoms with Gasteiger partial charge in [0.2, 0.25) is 0 Å². The van der Waals surface area contributed by atoms with Gasteiger partial charge in [0, 0.05) is 13.1 Å². The molecule has 1 aromatic carbocycles. The van der Waals surface area contributed by atoms with Gasteiger partial charge in [-0.25, -0.2) is 4.79 Å². The first-order valence-electron chi connectivity index (χ1n) is 8.21. The smallest absolute Gasteiger partial charge is 0.407 e. The third kappa shape index (κ3) is 7.45. The summed E-state index contributed by atoms with van der Waals surface area (Å²) in [5.41, 5.74) is 7.08. The largest absolute Gasteiger partial charge is 0.444 e. The Kier molecular flexibility index (Phi) is 7.55. The van der Waals surface area contributed by atoms with E-state index < -0.39 is 11.7 Å². The maximum atomic E-state index is 11.5. The number of nitriles is 2. The number of hydrogen-bond acceptors (Lipinski definition) is 6. The molecule has 0 saturated heterocycles. The maximum Gasteiger partial charge on any atom is 0.407 e. The van der Waals surface area contributed by atoms with Crippen LogP contribution in [-0.4, -0.2) is 24.8 Å². The number of amides is 1. The number of nitrogens with one attached hydrogen (secondary N) is 2. The Labute approximate surface area is 148 Å². The molecule has 7 nitrogen and oxygen atoms in total. The van der Waals surface area contributed by atoms with Crippen molar-refractivity contribution >= 4 is 17.5 Å². The van der Waals surface area contributed by atoms with E-state index in [1.54, 1.807) is 6.07 Å². The van der Waals surface area contributed by atoms with Crippen LogP contribution in [0.1, 0.15) is 51.2 Å². The van der Waals surface area contributed by atoms with Gasteiger partial charge in [-0.1, -0.05) is 0 Å². The van der Waals surface area contributed by atoms with Gasteiger partial charge in [-0.2, -0.15) is 10.5 Å². The van der Waals surface area contributed by atoms with Crippen molar-refractivity contribution in [3.63, 3.8) is 0 Å². The summed E-state index contributed by atoms with van der Waals surface area (Å²) in [5.74, 6) is 0. The zero-order valence-electron chi connectivity index (χ0n) is 15.0. The van der Waals surface area contributed by atoms with Crippen molar-refractivity contribution in [3.05, 3.63) is 23.3 Å². The van der Waals surface area contributed by atoms with Crippen LogP contribution in [0.15, 0.2) is 12.1 Å². The molecule has 0 radical (unpaired) electrons. The summed E-state index contributed by atoms with van der Waals surface area (Å²) in [6, 6.07) is 7.04. The number of alkyl carbamates (subject to hydrolysis) is 1. The van der Waals surface area contributed by atoms with Gasteiger partial charge >= 0.3 is 6.09 Å². The average molecular weight is 343 g/mol. The quantitative estimate of drug-likeness (QED) is 0.516. The molecule has 0 fully saturated rings. The molecule has 0 heterocycles. The molecule has 0 spiro atoms. The lowest BCUT2D eigenvalue weighted by Gasteiger charge is -2.19. The van der Waals surface area contributed by atoms with Gasteiger partial charge in [-0.05, 0) is 52.2 Å². The van der Waals surface area contributed by atoms with Crippen LogP contribution in [-0.2, 0) is 4.74 Å². The second kappa shape index (κ2) is 9.39. The van der Waals surface area contributed by atoms with Gasteiger partial charge in [-0.15, -0.1) is 0 Å². The lowest BCUT2D eigenvalue weighted by molar-refractivity contribution is 0.0527. The van der Waals surface area contributed by atoms with Crippen molar-refractivity contribution in [1.29, 1.82) is 10.5 Å². The summed E-state index contributed by atoms with van der Waals surface area (Å²) in [4.78, 5) is 11.5. The molecule has 0 aliphatic carbocycles. The van der Waals surface area contributed by atoms with Crippen molar-refractivity contribution in [2.75, 3.05) is 24.1 Å². The molecule has 0 saturated carbocycles. The fourth-order valence-corrected chi connectivity index (χ4v) is 2.11. The number of nitrogen functional groups attached to an aromatic ring is 1. The van der Waals surface area contributed by atoms with Gasteiger partial charge in [0.1, 0.15) is 17.7 Å². The molecular weight excluding hydrogens is 318 g/mol. The van der Waals surface area contributed by atoms with Crippen LogP contribution in [0.2, 0.25) is 0 Å². The Morgan fingerprint density at radius 1 is 1.12 bits per heavy atom. The molecule has 0 aromatic heterocycles. The van der Waals surface area contributed by atoms with Crippen LogP contribution in [0.25, 0.3) is 0 Å². The highest BCUT2D eigenvalue weighted by atomic mass is 16.6. The first-order valence-corrected chi connectivity index (χ1v) is 8.21. The Hall–Kier alpha value is -2.93. The molecule has 0 aliphatic heterocycles. The number of hydrogen-bond donors (Lipinski definition) is 3. The van der Waals surface area contributed by atoms with Gasteiger partial charge in [0.25, 0.3) is 0 Å². The highest BCUT2D eigenvalue weighted by Crippen LogP contribution is 2.23. The molecule has 1 rings (SSSR count). The van der Waals surface area contributed by atoms with Gasteiger partial charge in [0.15, 0.2) is 0 Å². The second-order valence-corrected chi connectivity index (χ2v) is 6.62. The molecule has 0 unspecified atom stereocenters. The molecule has 134 valence electrons. The number of ether oxygens (including phenoxy) is 1. The molecule has 25 heavy (non-hydrogen) atoms. The van der Waals surface area contributed by atoms with Crippen LogP contribution >= 0.6 is 0 Å². The zero-order valence-corrected chi connectivity index (χ0v) is 15.0. The van der Waals surface area contributed by atoms with E-state index in [9.17, 15) is 4.79 Å². The van der Waals surface area contributed by atoms with Crippen LogP contribution < -0.4 is 16.4 Å². The van der Waals surface area contributed by atoms with E-state index in [2.05, 4.69) is 10.6 Å². The summed E-state index contributed by atoms with van der Waals surface area (Å²) < 4.78 is 5.15. The highest BCUT2D eigenvalue weighted by molar-refractivity contribution is 5.72. The third-order valence-electron chi connectivity index (χ3n) is 3.27. The Balaban J connectivity index is 2.28. The normalized spacial score (nSPS) is 10.4. The first kappa shape index (κ1) is 20.1. The van der Waals surface area contributed by atoms with Crippen LogP contribution in [0, 0.1) is 22.7 Å². The van der Waals surface area contributed by atoms with E-state index in [0.29, 0.717) is 30.0 Å². The molecule has 4 N–H and O–H groups in total. The van der Waals surface area contributed by atoms with Crippen LogP contribution in [0.3, 0.4) is 0 Å². The second-order valence-electron chi connectivity index (χ2n) is 6.62. The van der Waals surface area contributed by atoms with Gasteiger partial charge < -0.3 is 21.1 Å². The Morgan fingerprint density at radius 3 is 2.32 bits per heavy atom. The van der Waals surface area contributed by atoms with Crippen molar-refractivity contribution in [3.8, 4) is 12.1 Å². The SMILES string of the molecule is CC(C)(C)OC(=O)NCCCCCNc1cc(C#N)c(C#N)cc1N. The maximum absolute atomic E-state index is 11.5. The minimum absolute atomic E-state index is 0.277. The standard InChI is InChI=1S/C18H25N5O2/c1-18(2,3)25-17(24)23-8-6-4-5-7-22-16-10-14(12-20)13(11-19)9-15(16)21/h9-10,22H,4-8,21H2,1-3H3,(H,23,24). The molecule has 0 bridgehead atoms. The summed E-state index contributed by atoms with van der Waals surface area (Å²) in [6.07, 6.45) is 2.24. The molecule has 0 aliphatic rings. The fraction of sp³-hybridized carbons (Fsp3) is 0.500. The Morgan fingerprint density at radius 2 is 1.72 bits per heavy atom. The van der Waals surface area contributed by atoms with Crippen molar-refractivity contribution in [2.24, 2.45) is 0 Å². The van der Waals surface area contributed by atoms with E-state index in [0.717, 1.165) is 19.3 Å². The topological polar surface area (TPSA) is 124 Å². The number of rotatable bonds is 7. The molecule has 0 atom stereocenters.